The van der Waals surface area contributed by atoms with Crippen molar-refractivity contribution in [2.24, 2.45) is 0 Å². The highest BCUT2D eigenvalue weighted by Crippen LogP contribution is 2.44. The third kappa shape index (κ3) is 2.23. The van der Waals surface area contributed by atoms with Gasteiger partial charge in [-0.3, -0.25) is 4.79 Å². The number of para-hydroxylation sites is 1. The monoisotopic (exact) mass is 302 g/mol. The Labute approximate surface area is 126 Å². The Morgan fingerprint density at radius 2 is 2.00 bits per heavy atom. The molecule has 1 heterocycles. The molecule has 0 fully saturated rings. The summed E-state index contributed by atoms with van der Waals surface area (Å²) in [6.45, 7) is 1.88. The van der Waals surface area contributed by atoms with Crippen molar-refractivity contribution in [2.75, 3.05) is 0 Å². The van der Waals surface area contributed by atoms with E-state index in [1.54, 1.807) is 36.4 Å². The molecule has 1 aliphatic heterocycles. The van der Waals surface area contributed by atoms with Crippen LogP contribution in [0.4, 0.5) is 0 Å². The highest BCUT2D eigenvalue weighted by molar-refractivity contribution is 8.04. The van der Waals surface area contributed by atoms with Crippen molar-refractivity contribution in [3.05, 3.63) is 63.0 Å². The Kier molecular flexibility index (Phi) is 3.32. The predicted molar refractivity (Wildman–Crippen MR) is 82.5 cm³/mol. The molecule has 100 valence electrons. The maximum absolute atomic E-state index is 12.4. The Hall–Kier alpha value is -1.71. The van der Waals surface area contributed by atoms with Gasteiger partial charge in [0, 0.05) is 21.0 Å². The van der Waals surface area contributed by atoms with Gasteiger partial charge < -0.3 is 5.11 Å². The number of carbonyl (C=O) groups is 1. The number of phenols is 1. The molecule has 0 amide bonds. The number of thioether (sulfide) groups is 1. The molecule has 0 saturated heterocycles. The molecule has 1 aliphatic rings. The molecular formula is C16H11ClO2S. The first-order chi connectivity index (χ1) is 9.56. The second kappa shape index (κ2) is 5.00. The van der Waals surface area contributed by atoms with Crippen LogP contribution in [0.25, 0.3) is 6.08 Å². The van der Waals surface area contributed by atoms with Gasteiger partial charge in [-0.05, 0) is 36.8 Å². The fourth-order valence-corrected chi connectivity index (χ4v) is 3.71. The molecule has 0 radical (unpaired) electrons. The normalized spacial score (nSPS) is 15.7. The lowest BCUT2D eigenvalue weighted by Gasteiger charge is -2.01. The molecule has 1 N–H and O–H groups in total. The molecule has 0 bridgehead atoms. The largest absolute Gasteiger partial charge is 0.507 e. The van der Waals surface area contributed by atoms with Gasteiger partial charge in [-0.2, -0.15) is 0 Å². The first-order valence-electron chi connectivity index (χ1n) is 6.08. The van der Waals surface area contributed by atoms with Gasteiger partial charge in [-0.15, -0.1) is 0 Å². The number of carbonyl (C=O) groups excluding carboxylic acids is 1. The van der Waals surface area contributed by atoms with Gasteiger partial charge in [0.25, 0.3) is 0 Å². The quantitative estimate of drug-likeness (QED) is 0.777. The van der Waals surface area contributed by atoms with Crippen LogP contribution in [0.15, 0.2) is 46.2 Å². The van der Waals surface area contributed by atoms with Crippen molar-refractivity contribution in [3.8, 4) is 5.75 Å². The molecule has 0 aromatic heterocycles. The fraction of sp³-hybridized carbons (Fsp3) is 0.0625. The van der Waals surface area contributed by atoms with Crippen molar-refractivity contribution in [1.82, 2.24) is 0 Å². The summed E-state index contributed by atoms with van der Waals surface area (Å²) in [6.07, 6.45) is 1.72. The molecule has 0 saturated carbocycles. The third-order valence-electron chi connectivity index (χ3n) is 3.16. The van der Waals surface area contributed by atoms with Crippen LogP contribution < -0.4 is 0 Å². The summed E-state index contributed by atoms with van der Waals surface area (Å²) < 4.78 is 0. The first kappa shape index (κ1) is 13.3. The minimum absolute atomic E-state index is 0.0116. The number of fused-ring (bicyclic) bond motifs is 1. The number of benzene rings is 2. The van der Waals surface area contributed by atoms with Gasteiger partial charge in [-0.1, -0.05) is 41.6 Å². The predicted octanol–water partition coefficient (Wildman–Crippen LogP) is 4.68. The highest BCUT2D eigenvalue weighted by Gasteiger charge is 2.28. The van der Waals surface area contributed by atoms with Crippen LogP contribution in [0, 0.1) is 6.92 Å². The Bertz CT molecular complexity index is 750. The summed E-state index contributed by atoms with van der Waals surface area (Å²) in [7, 11) is 0. The number of phenolic OH excluding ortho intramolecular Hbond substituents is 1. The van der Waals surface area contributed by atoms with Gasteiger partial charge >= 0.3 is 0 Å². The van der Waals surface area contributed by atoms with Gasteiger partial charge in [0.2, 0.25) is 5.78 Å². The number of halogens is 1. The molecule has 20 heavy (non-hydrogen) atoms. The fourth-order valence-electron chi connectivity index (χ4n) is 2.22. The van der Waals surface area contributed by atoms with Crippen LogP contribution in [0.1, 0.15) is 21.5 Å². The third-order valence-corrected chi connectivity index (χ3v) is 4.44. The average molecular weight is 303 g/mol. The maximum atomic E-state index is 12.4. The summed E-state index contributed by atoms with van der Waals surface area (Å²) in [5, 5.41) is 10.4. The van der Waals surface area contributed by atoms with Crippen molar-refractivity contribution in [2.45, 2.75) is 11.8 Å². The van der Waals surface area contributed by atoms with E-state index in [2.05, 4.69) is 0 Å². The standard InChI is InChI=1S/C16H11ClO2S/c1-9-6-11(17)8-13-15(9)16(19)14(20-13)7-10-4-2-3-5-12(10)18/h2-8,18H,1H3/b14-7-. The van der Waals surface area contributed by atoms with Gasteiger partial charge in [0.1, 0.15) is 5.75 Å². The zero-order valence-corrected chi connectivity index (χ0v) is 12.3. The molecule has 0 aliphatic carbocycles. The number of allylic oxidation sites excluding steroid dienone is 1. The Morgan fingerprint density at radius 1 is 1.25 bits per heavy atom. The van der Waals surface area contributed by atoms with E-state index in [0.717, 1.165) is 10.5 Å². The molecule has 2 aromatic rings. The summed E-state index contributed by atoms with van der Waals surface area (Å²) in [4.78, 5) is 13.9. The zero-order valence-electron chi connectivity index (χ0n) is 10.7. The molecule has 4 heteroatoms. The minimum Gasteiger partial charge on any atom is -0.507 e. The molecule has 3 rings (SSSR count). The van der Waals surface area contributed by atoms with Gasteiger partial charge in [0.15, 0.2) is 0 Å². The molecule has 2 nitrogen and oxygen atoms in total. The smallest absolute Gasteiger partial charge is 0.201 e. The average Bonchev–Trinajstić information content (AvgIpc) is 2.69. The van der Waals surface area contributed by atoms with E-state index in [4.69, 9.17) is 11.6 Å². The maximum Gasteiger partial charge on any atom is 0.201 e. The van der Waals surface area contributed by atoms with Crippen LogP contribution in [0.3, 0.4) is 0 Å². The van der Waals surface area contributed by atoms with Crippen LogP contribution in [0.5, 0.6) is 5.75 Å². The van der Waals surface area contributed by atoms with Crippen LogP contribution in [-0.4, -0.2) is 10.9 Å². The molecule has 0 atom stereocenters. The lowest BCUT2D eigenvalue weighted by Crippen LogP contribution is -1.97. The van der Waals surface area contributed by atoms with Gasteiger partial charge in [0.05, 0.1) is 4.91 Å². The minimum atomic E-state index is -0.0116. The van der Waals surface area contributed by atoms with E-state index in [0.29, 0.717) is 21.1 Å². The number of hydrogen-bond acceptors (Lipinski definition) is 3. The van der Waals surface area contributed by atoms with E-state index in [1.165, 1.54) is 11.8 Å². The van der Waals surface area contributed by atoms with E-state index >= 15 is 0 Å². The molecule has 0 spiro atoms. The molecule has 0 unspecified atom stereocenters. The number of rotatable bonds is 1. The highest BCUT2D eigenvalue weighted by atomic mass is 35.5. The lowest BCUT2D eigenvalue weighted by molar-refractivity contribution is 0.104. The van der Waals surface area contributed by atoms with E-state index < -0.39 is 0 Å². The van der Waals surface area contributed by atoms with Crippen molar-refractivity contribution >= 4 is 35.2 Å². The number of aryl methyl sites for hydroxylation is 1. The topological polar surface area (TPSA) is 37.3 Å². The second-order valence-electron chi connectivity index (χ2n) is 4.59. The number of aromatic hydroxyl groups is 1. The number of ketones is 1. The van der Waals surface area contributed by atoms with E-state index in [1.807, 2.05) is 13.0 Å². The lowest BCUT2D eigenvalue weighted by atomic mass is 10.0. The number of hydrogen-bond donors (Lipinski definition) is 1. The van der Waals surface area contributed by atoms with Crippen LogP contribution >= 0.6 is 23.4 Å². The SMILES string of the molecule is Cc1cc(Cl)cc2c1C(=O)/C(=C/c1ccccc1O)S2. The number of Topliss-reactive ketones (excluding diaryl/α,β-unsaturated/α-hetero) is 1. The van der Waals surface area contributed by atoms with Crippen LogP contribution in [-0.2, 0) is 0 Å². The van der Waals surface area contributed by atoms with Crippen LogP contribution in [0.2, 0.25) is 5.02 Å². The van der Waals surface area contributed by atoms with Gasteiger partial charge in [-0.25, -0.2) is 0 Å². The summed E-state index contributed by atoms with van der Waals surface area (Å²) in [6, 6.07) is 10.6. The summed E-state index contributed by atoms with van der Waals surface area (Å²) in [5.41, 5.74) is 2.23. The second-order valence-corrected chi connectivity index (χ2v) is 6.11. The first-order valence-corrected chi connectivity index (χ1v) is 7.28. The van der Waals surface area contributed by atoms with Crippen molar-refractivity contribution < 1.29 is 9.90 Å². The molecule has 2 aromatic carbocycles. The Balaban J connectivity index is 2.07. The molecular weight excluding hydrogens is 292 g/mol. The van der Waals surface area contributed by atoms with Crippen molar-refractivity contribution in [1.29, 1.82) is 0 Å². The summed E-state index contributed by atoms with van der Waals surface area (Å²) >= 11 is 7.42. The van der Waals surface area contributed by atoms with E-state index in [9.17, 15) is 9.90 Å². The van der Waals surface area contributed by atoms with Crippen molar-refractivity contribution in [3.63, 3.8) is 0 Å². The summed E-state index contributed by atoms with van der Waals surface area (Å²) in [5.74, 6) is 0.154. The zero-order chi connectivity index (χ0) is 14.3. The Morgan fingerprint density at radius 3 is 2.75 bits per heavy atom. The van der Waals surface area contributed by atoms with E-state index in [-0.39, 0.29) is 11.5 Å².